The van der Waals surface area contributed by atoms with Gasteiger partial charge in [-0.15, -0.1) is 0 Å². The molecule has 2 N–H and O–H groups in total. The van der Waals surface area contributed by atoms with Gasteiger partial charge in [-0.25, -0.2) is 8.42 Å². The van der Waals surface area contributed by atoms with E-state index in [1.165, 1.54) is 0 Å². The first-order valence-corrected chi connectivity index (χ1v) is 7.31. The highest BCUT2D eigenvalue weighted by molar-refractivity contribution is 7.92. The molecule has 17 heavy (non-hydrogen) atoms. The van der Waals surface area contributed by atoms with E-state index in [4.69, 9.17) is 5.73 Å². The highest BCUT2D eigenvalue weighted by atomic mass is 32.2. The van der Waals surface area contributed by atoms with Gasteiger partial charge in [-0.2, -0.15) is 0 Å². The summed E-state index contributed by atoms with van der Waals surface area (Å²) >= 11 is 0. The first kappa shape index (κ1) is 12.4. The number of hydrogen-bond donors (Lipinski definition) is 1. The average Bonchev–Trinajstić information content (AvgIpc) is 2.26. The summed E-state index contributed by atoms with van der Waals surface area (Å²) in [6, 6.07) is 5.47. The van der Waals surface area contributed by atoms with Crippen LogP contribution in [-0.2, 0) is 9.84 Å². The molecule has 2 rings (SSSR count). The van der Waals surface area contributed by atoms with Gasteiger partial charge in [0.25, 0.3) is 0 Å². The molecule has 0 fully saturated rings. The molecule has 0 bridgehead atoms. The number of aryl methyl sites for hydroxylation is 1. The van der Waals surface area contributed by atoms with Crippen LogP contribution in [0.25, 0.3) is 0 Å². The van der Waals surface area contributed by atoms with Crippen LogP contribution < -0.4 is 10.6 Å². The molecule has 0 aromatic heterocycles. The normalized spacial score (nSPS) is 22.3. The molecule has 0 saturated heterocycles. The topological polar surface area (TPSA) is 63.4 Å². The van der Waals surface area contributed by atoms with Crippen LogP contribution in [0, 0.1) is 6.92 Å². The van der Waals surface area contributed by atoms with Crippen molar-refractivity contribution in [1.82, 2.24) is 0 Å². The van der Waals surface area contributed by atoms with Gasteiger partial charge in [-0.05, 0) is 31.5 Å². The second-order valence-electron chi connectivity index (χ2n) is 4.56. The monoisotopic (exact) mass is 254 g/mol. The molecular formula is C12H18N2O2S. The molecule has 5 heteroatoms. The fraction of sp³-hybridized carbons (Fsp3) is 0.500. The Kier molecular flexibility index (Phi) is 3.14. The maximum Gasteiger partial charge on any atom is 0.184 e. The average molecular weight is 254 g/mol. The third kappa shape index (κ3) is 2.05. The first-order chi connectivity index (χ1) is 7.96. The summed E-state index contributed by atoms with van der Waals surface area (Å²) in [7, 11) is -3.17. The Hall–Kier alpha value is -1.07. The Labute approximate surface area is 102 Å². The van der Waals surface area contributed by atoms with Crippen molar-refractivity contribution in [2.75, 3.05) is 24.5 Å². The predicted molar refractivity (Wildman–Crippen MR) is 69.1 cm³/mol. The van der Waals surface area contributed by atoms with E-state index in [0.29, 0.717) is 24.5 Å². The lowest BCUT2D eigenvalue weighted by Gasteiger charge is -2.34. The van der Waals surface area contributed by atoms with Crippen LogP contribution in [-0.4, -0.2) is 33.3 Å². The van der Waals surface area contributed by atoms with Crippen molar-refractivity contribution in [3.63, 3.8) is 0 Å². The minimum Gasteiger partial charge on any atom is -0.368 e. The summed E-state index contributed by atoms with van der Waals surface area (Å²) in [4.78, 5) is 2.50. The zero-order valence-electron chi connectivity index (χ0n) is 10.2. The highest BCUT2D eigenvalue weighted by Crippen LogP contribution is 2.34. The predicted octanol–water partition coefficient (Wildman–Crippen LogP) is 0.936. The van der Waals surface area contributed by atoms with Crippen LogP contribution in [0.2, 0.25) is 0 Å². The third-order valence-electron chi connectivity index (χ3n) is 3.17. The van der Waals surface area contributed by atoms with E-state index in [-0.39, 0.29) is 5.25 Å². The molecule has 0 amide bonds. The van der Waals surface area contributed by atoms with Crippen LogP contribution in [0.15, 0.2) is 23.1 Å². The number of benzene rings is 1. The van der Waals surface area contributed by atoms with Crippen molar-refractivity contribution in [3.05, 3.63) is 23.8 Å². The largest absolute Gasteiger partial charge is 0.368 e. The van der Waals surface area contributed by atoms with E-state index < -0.39 is 9.84 Å². The SMILES string of the molecule is Cc1ccc2c(c1)N(CCN)CC(C)S2(=O)=O. The van der Waals surface area contributed by atoms with E-state index in [2.05, 4.69) is 4.90 Å². The van der Waals surface area contributed by atoms with Crippen molar-refractivity contribution in [2.45, 2.75) is 24.0 Å². The van der Waals surface area contributed by atoms with Gasteiger partial charge in [0.1, 0.15) is 0 Å². The molecule has 1 aliphatic rings. The van der Waals surface area contributed by atoms with E-state index in [1.807, 2.05) is 19.1 Å². The molecule has 4 nitrogen and oxygen atoms in total. The molecule has 94 valence electrons. The van der Waals surface area contributed by atoms with Crippen molar-refractivity contribution in [1.29, 1.82) is 0 Å². The summed E-state index contributed by atoms with van der Waals surface area (Å²) in [5, 5.41) is -0.371. The van der Waals surface area contributed by atoms with E-state index in [1.54, 1.807) is 13.0 Å². The van der Waals surface area contributed by atoms with Gasteiger partial charge in [0, 0.05) is 19.6 Å². The van der Waals surface area contributed by atoms with Gasteiger partial charge in [-0.1, -0.05) is 6.07 Å². The lowest BCUT2D eigenvalue weighted by molar-refractivity contribution is 0.573. The number of nitrogens with two attached hydrogens (primary N) is 1. The maximum atomic E-state index is 12.2. The van der Waals surface area contributed by atoms with Gasteiger partial charge < -0.3 is 10.6 Å². The molecule has 1 heterocycles. The van der Waals surface area contributed by atoms with Crippen molar-refractivity contribution < 1.29 is 8.42 Å². The molecule has 0 aliphatic carbocycles. The number of sulfone groups is 1. The third-order valence-corrected chi connectivity index (χ3v) is 5.33. The standard InChI is InChI=1S/C12H18N2O2S/c1-9-3-4-12-11(7-9)14(6-5-13)8-10(2)17(12,15)16/h3-4,7,10H,5-6,8,13H2,1-2H3. The summed E-state index contributed by atoms with van der Waals surface area (Å²) in [5.41, 5.74) is 7.44. The zero-order valence-corrected chi connectivity index (χ0v) is 11.0. The first-order valence-electron chi connectivity index (χ1n) is 5.76. The molecule has 1 atom stereocenters. The fourth-order valence-corrected chi connectivity index (χ4v) is 3.75. The number of nitrogens with zero attached hydrogens (tertiary/aromatic N) is 1. The summed E-state index contributed by atoms with van der Waals surface area (Å²) in [5.74, 6) is 0. The summed E-state index contributed by atoms with van der Waals surface area (Å²) in [6.45, 7) is 5.46. The number of hydrogen-bond acceptors (Lipinski definition) is 4. The highest BCUT2D eigenvalue weighted by Gasteiger charge is 2.34. The number of rotatable bonds is 2. The molecule has 1 aliphatic heterocycles. The zero-order chi connectivity index (χ0) is 12.6. The van der Waals surface area contributed by atoms with Crippen LogP contribution in [0.3, 0.4) is 0 Å². The second kappa shape index (κ2) is 4.31. The van der Waals surface area contributed by atoms with Crippen LogP contribution in [0.1, 0.15) is 12.5 Å². The minimum atomic E-state index is -3.17. The molecule has 1 unspecified atom stereocenters. The molecule has 0 saturated carbocycles. The van der Waals surface area contributed by atoms with E-state index in [9.17, 15) is 8.42 Å². The van der Waals surface area contributed by atoms with Gasteiger partial charge in [0.05, 0.1) is 15.8 Å². The Morgan fingerprint density at radius 3 is 2.82 bits per heavy atom. The van der Waals surface area contributed by atoms with Crippen LogP contribution in [0.5, 0.6) is 0 Å². The minimum absolute atomic E-state index is 0.371. The van der Waals surface area contributed by atoms with E-state index in [0.717, 1.165) is 11.3 Å². The molecular weight excluding hydrogens is 236 g/mol. The maximum absolute atomic E-state index is 12.2. The Morgan fingerprint density at radius 1 is 1.47 bits per heavy atom. The van der Waals surface area contributed by atoms with Gasteiger partial charge in [0.15, 0.2) is 9.84 Å². The molecule has 1 aromatic carbocycles. The lowest BCUT2D eigenvalue weighted by atomic mass is 10.2. The van der Waals surface area contributed by atoms with Gasteiger partial charge in [0.2, 0.25) is 0 Å². The van der Waals surface area contributed by atoms with Crippen molar-refractivity contribution in [2.24, 2.45) is 5.73 Å². The molecule has 0 radical (unpaired) electrons. The van der Waals surface area contributed by atoms with Crippen molar-refractivity contribution in [3.8, 4) is 0 Å². The molecule has 0 spiro atoms. The van der Waals surface area contributed by atoms with E-state index >= 15 is 0 Å². The lowest BCUT2D eigenvalue weighted by Crippen LogP contribution is -2.43. The van der Waals surface area contributed by atoms with Crippen LogP contribution in [0.4, 0.5) is 5.69 Å². The fourth-order valence-electron chi connectivity index (χ4n) is 2.21. The molecule has 1 aromatic rings. The quantitative estimate of drug-likeness (QED) is 0.853. The smallest absolute Gasteiger partial charge is 0.184 e. The van der Waals surface area contributed by atoms with Gasteiger partial charge >= 0.3 is 0 Å². The summed E-state index contributed by atoms with van der Waals surface area (Å²) < 4.78 is 24.4. The van der Waals surface area contributed by atoms with Crippen LogP contribution >= 0.6 is 0 Å². The second-order valence-corrected chi connectivity index (χ2v) is 6.90. The van der Waals surface area contributed by atoms with Gasteiger partial charge in [-0.3, -0.25) is 0 Å². The summed E-state index contributed by atoms with van der Waals surface area (Å²) in [6.07, 6.45) is 0. The number of anilines is 1. The Balaban J connectivity index is 2.58. The number of fused-ring (bicyclic) bond motifs is 1. The Morgan fingerprint density at radius 2 is 2.18 bits per heavy atom. The Bertz CT molecular complexity index is 525. The van der Waals surface area contributed by atoms with Crippen molar-refractivity contribution >= 4 is 15.5 Å².